The maximum absolute atomic E-state index is 12.7. The van der Waals surface area contributed by atoms with Gasteiger partial charge in [0, 0.05) is 6.20 Å². The summed E-state index contributed by atoms with van der Waals surface area (Å²) in [5, 5.41) is 8.70. The predicted molar refractivity (Wildman–Crippen MR) is 57.2 cm³/mol. The minimum Gasteiger partial charge on any atom is -0.327 e. The van der Waals surface area contributed by atoms with Crippen molar-refractivity contribution in [2.24, 2.45) is 0 Å². The number of rotatable bonds is 1. The smallest absolute Gasteiger partial charge is 0.265 e. The molecule has 0 bridgehead atoms. The molecule has 0 saturated heterocycles. The first kappa shape index (κ1) is 10.1. The lowest BCUT2D eigenvalue weighted by Gasteiger charge is -2.00. The molecule has 0 amide bonds. The summed E-state index contributed by atoms with van der Waals surface area (Å²) in [6.45, 7) is 0. The molecule has 2 rings (SSSR count). The van der Waals surface area contributed by atoms with Crippen molar-refractivity contribution < 1.29 is 4.39 Å². The molecule has 78 valence electrons. The number of aromatic amines is 1. The van der Waals surface area contributed by atoms with E-state index in [1.54, 1.807) is 18.2 Å². The predicted octanol–water partition coefficient (Wildman–Crippen LogP) is 2.05. The van der Waals surface area contributed by atoms with Gasteiger partial charge in [0.25, 0.3) is 5.56 Å². The molecule has 0 saturated carbocycles. The van der Waals surface area contributed by atoms with Crippen LogP contribution in [0, 0.1) is 17.1 Å². The lowest BCUT2D eigenvalue weighted by Crippen LogP contribution is -2.08. The molecule has 0 fully saturated rings. The monoisotopic (exact) mass is 214 g/mol. The third-order valence-corrected chi connectivity index (χ3v) is 2.20. The van der Waals surface area contributed by atoms with Crippen molar-refractivity contribution >= 4 is 0 Å². The van der Waals surface area contributed by atoms with E-state index in [4.69, 9.17) is 5.26 Å². The maximum atomic E-state index is 12.7. The summed E-state index contributed by atoms with van der Waals surface area (Å²) in [4.78, 5) is 13.6. The van der Waals surface area contributed by atoms with Gasteiger partial charge in [-0.15, -0.1) is 0 Å². The van der Waals surface area contributed by atoms with Crippen LogP contribution >= 0.6 is 0 Å². The molecule has 0 spiro atoms. The van der Waals surface area contributed by atoms with Gasteiger partial charge < -0.3 is 4.98 Å². The van der Waals surface area contributed by atoms with Gasteiger partial charge in [-0.1, -0.05) is 12.1 Å². The summed E-state index contributed by atoms with van der Waals surface area (Å²) in [5.74, 6) is -0.325. The van der Waals surface area contributed by atoms with Crippen LogP contribution in [0.4, 0.5) is 4.39 Å². The van der Waals surface area contributed by atoms with Gasteiger partial charge in [-0.3, -0.25) is 4.79 Å². The number of hydrogen-bond donors (Lipinski definition) is 1. The highest BCUT2D eigenvalue weighted by atomic mass is 19.1. The number of aromatic nitrogens is 1. The van der Waals surface area contributed by atoms with Crippen LogP contribution in [0.2, 0.25) is 0 Å². The lowest BCUT2D eigenvalue weighted by molar-refractivity contribution is 0.628. The fraction of sp³-hybridized carbons (Fsp3) is 0. The number of nitriles is 1. The van der Waals surface area contributed by atoms with E-state index in [0.717, 1.165) is 5.56 Å². The second kappa shape index (κ2) is 3.99. The number of nitrogens with zero attached hydrogens (tertiary/aromatic N) is 1. The molecular weight excluding hydrogens is 207 g/mol. The van der Waals surface area contributed by atoms with Gasteiger partial charge in [0.2, 0.25) is 0 Å². The van der Waals surface area contributed by atoms with Gasteiger partial charge in [0.1, 0.15) is 17.4 Å². The number of pyridine rings is 1. The van der Waals surface area contributed by atoms with E-state index in [9.17, 15) is 9.18 Å². The first-order valence-corrected chi connectivity index (χ1v) is 4.59. The molecule has 0 radical (unpaired) electrons. The van der Waals surface area contributed by atoms with Crippen molar-refractivity contribution in [1.82, 2.24) is 4.98 Å². The van der Waals surface area contributed by atoms with E-state index < -0.39 is 5.56 Å². The Morgan fingerprint density at radius 2 is 1.88 bits per heavy atom. The van der Waals surface area contributed by atoms with Gasteiger partial charge >= 0.3 is 0 Å². The number of benzene rings is 1. The molecule has 0 aliphatic carbocycles. The van der Waals surface area contributed by atoms with Gasteiger partial charge in [0.05, 0.1) is 0 Å². The molecule has 0 unspecified atom stereocenters. The zero-order chi connectivity index (χ0) is 11.5. The van der Waals surface area contributed by atoms with Gasteiger partial charge in [-0.05, 0) is 29.3 Å². The average molecular weight is 214 g/mol. The summed E-state index contributed by atoms with van der Waals surface area (Å²) in [5.41, 5.74) is 1.04. The topological polar surface area (TPSA) is 56.6 Å². The zero-order valence-electron chi connectivity index (χ0n) is 8.20. The Hall–Kier alpha value is -2.41. The summed E-state index contributed by atoms with van der Waals surface area (Å²) in [6.07, 6.45) is 1.50. The highest BCUT2D eigenvalue weighted by Crippen LogP contribution is 2.18. The lowest BCUT2D eigenvalue weighted by atomic mass is 10.1. The number of halogens is 1. The highest BCUT2D eigenvalue weighted by molar-refractivity contribution is 5.63. The standard InChI is InChI=1S/C12H7FN2O/c13-11-3-1-8(2-4-11)10-5-9(6-14)12(16)15-7-10/h1-5,7H,(H,15,16). The van der Waals surface area contributed by atoms with E-state index in [-0.39, 0.29) is 11.4 Å². The molecule has 1 aromatic carbocycles. The van der Waals surface area contributed by atoms with Crippen molar-refractivity contribution in [3.05, 3.63) is 58.3 Å². The Morgan fingerprint density at radius 3 is 2.50 bits per heavy atom. The van der Waals surface area contributed by atoms with E-state index in [0.29, 0.717) is 5.56 Å². The van der Waals surface area contributed by atoms with Crippen LogP contribution in [-0.4, -0.2) is 4.98 Å². The van der Waals surface area contributed by atoms with E-state index >= 15 is 0 Å². The molecule has 16 heavy (non-hydrogen) atoms. The minimum absolute atomic E-state index is 0.0434. The summed E-state index contributed by atoms with van der Waals surface area (Å²) < 4.78 is 12.7. The van der Waals surface area contributed by atoms with Crippen LogP contribution in [-0.2, 0) is 0 Å². The highest BCUT2D eigenvalue weighted by Gasteiger charge is 2.02. The van der Waals surface area contributed by atoms with Crippen molar-refractivity contribution in [2.75, 3.05) is 0 Å². The van der Waals surface area contributed by atoms with Crippen LogP contribution in [0.5, 0.6) is 0 Å². The Kier molecular flexibility index (Phi) is 2.52. The second-order valence-corrected chi connectivity index (χ2v) is 3.25. The molecule has 1 aromatic heterocycles. The molecule has 0 aliphatic rings. The van der Waals surface area contributed by atoms with Crippen molar-refractivity contribution in [2.45, 2.75) is 0 Å². The molecule has 1 heterocycles. The Labute approximate surface area is 90.8 Å². The molecule has 4 heteroatoms. The molecular formula is C12H7FN2O. The summed E-state index contributed by atoms with van der Waals surface area (Å²) in [6, 6.07) is 9.10. The van der Waals surface area contributed by atoms with Crippen LogP contribution in [0.15, 0.2) is 41.3 Å². The third kappa shape index (κ3) is 1.84. The molecule has 2 aromatic rings. The van der Waals surface area contributed by atoms with Crippen molar-refractivity contribution in [3.63, 3.8) is 0 Å². The minimum atomic E-state index is -0.423. The summed E-state index contributed by atoms with van der Waals surface area (Å²) >= 11 is 0. The second-order valence-electron chi connectivity index (χ2n) is 3.25. The Balaban J connectivity index is 2.53. The van der Waals surface area contributed by atoms with Crippen molar-refractivity contribution in [1.29, 1.82) is 5.26 Å². The molecule has 0 aliphatic heterocycles. The van der Waals surface area contributed by atoms with E-state index in [2.05, 4.69) is 4.98 Å². The molecule has 1 N–H and O–H groups in total. The first-order chi connectivity index (χ1) is 7.70. The van der Waals surface area contributed by atoms with Gasteiger partial charge in [0.15, 0.2) is 0 Å². The number of nitrogens with one attached hydrogen (secondary N) is 1. The van der Waals surface area contributed by atoms with Crippen molar-refractivity contribution in [3.8, 4) is 17.2 Å². The summed E-state index contributed by atoms with van der Waals surface area (Å²) in [7, 11) is 0. The zero-order valence-corrected chi connectivity index (χ0v) is 8.20. The van der Waals surface area contributed by atoms with E-state index in [1.807, 2.05) is 0 Å². The number of hydrogen-bond acceptors (Lipinski definition) is 2. The van der Waals surface area contributed by atoms with Gasteiger partial charge in [-0.2, -0.15) is 5.26 Å². The third-order valence-electron chi connectivity index (χ3n) is 2.20. The van der Waals surface area contributed by atoms with Crippen LogP contribution in [0.25, 0.3) is 11.1 Å². The average Bonchev–Trinajstić information content (AvgIpc) is 2.31. The fourth-order valence-electron chi connectivity index (χ4n) is 1.38. The van der Waals surface area contributed by atoms with E-state index in [1.165, 1.54) is 24.4 Å². The quantitative estimate of drug-likeness (QED) is 0.789. The Morgan fingerprint density at radius 1 is 1.19 bits per heavy atom. The maximum Gasteiger partial charge on any atom is 0.265 e. The normalized spacial score (nSPS) is 9.75. The van der Waals surface area contributed by atoms with Crippen LogP contribution < -0.4 is 5.56 Å². The van der Waals surface area contributed by atoms with Crippen LogP contribution in [0.3, 0.4) is 0 Å². The molecule has 3 nitrogen and oxygen atoms in total. The Bertz CT molecular complexity index is 608. The largest absolute Gasteiger partial charge is 0.327 e. The SMILES string of the molecule is N#Cc1cc(-c2ccc(F)cc2)c[nH]c1=O. The number of H-pyrrole nitrogens is 1. The fourth-order valence-corrected chi connectivity index (χ4v) is 1.38. The molecule has 0 atom stereocenters. The van der Waals surface area contributed by atoms with Crippen LogP contribution in [0.1, 0.15) is 5.56 Å². The first-order valence-electron chi connectivity index (χ1n) is 4.59. The van der Waals surface area contributed by atoms with Gasteiger partial charge in [-0.25, -0.2) is 4.39 Å².